The van der Waals surface area contributed by atoms with E-state index in [1.165, 1.54) is 76.2 Å². The molecule has 0 saturated heterocycles. The minimum absolute atomic E-state index is 0.774. The van der Waals surface area contributed by atoms with Crippen molar-refractivity contribution in [1.82, 2.24) is 33.2 Å². The van der Waals surface area contributed by atoms with E-state index in [0.717, 1.165) is 79.1 Å². The van der Waals surface area contributed by atoms with Crippen molar-refractivity contribution in [2.24, 2.45) is 0 Å². The summed E-state index contributed by atoms with van der Waals surface area (Å²) in [6.45, 7) is 0. The summed E-state index contributed by atoms with van der Waals surface area (Å²) in [4.78, 5) is 15.9. The van der Waals surface area contributed by atoms with Crippen LogP contribution in [-0.4, -0.2) is 33.2 Å². The Morgan fingerprint density at radius 2 is 0.512 bits per heavy atom. The van der Waals surface area contributed by atoms with Crippen LogP contribution in [0.1, 0.15) is 0 Å². The highest BCUT2D eigenvalue weighted by Gasteiger charge is 2.23. The molecule has 7 aromatic heterocycles. The van der Waals surface area contributed by atoms with Crippen LogP contribution in [0.25, 0.3) is 155 Å². The van der Waals surface area contributed by atoms with Gasteiger partial charge in [0.05, 0.1) is 78.3 Å². The number of rotatable bonds is 8. The van der Waals surface area contributed by atoms with E-state index in [1.807, 2.05) is 24.3 Å². The zero-order valence-electron chi connectivity index (χ0n) is 44.3. The Hall–Kier alpha value is -11.2. The summed E-state index contributed by atoms with van der Waals surface area (Å²) in [5, 5.41) is 9.74. The number of pyridine rings is 3. The van der Waals surface area contributed by atoms with Crippen LogP contribution >= 0.6 is 0 Å². The van der Waals surface area contributed by atoms with Crippen molar-refractivity contribution in [3.8, 4) is 68.0 Å². The molecule has 7 heteroatoms. The quantitative estimate of drug-likeness (QED) is 0.152. The van der Waals surface area contributed by atoms with E-state index in [1.54, 1.807) is 0 Å². The van der Waals surface area contributed by atoms with Gasteiger partial charge >= 0.3 is 0 Å². The number of benzene rings is 10. The van der Waals surface area contributed by atoms with Gasteiger partial charge < -0.3 is 18.3 Å². The minimum atomic E-state index is 0.774. The first kappa shape index (κ1) is 45.8. The maximum atomic E-state index is 5.32. The predicted octanol–water partition coefficient (Wildman–Crippen LogP) is 18.9. The third-order valence-electron chi connectivity index (χ3n) is 16.5. The first-order valence-corrected chi connectivity index (χ1v) is 27.9. The summed E-state index contributed by atoms with van der Waals surface area (Å²) in [7, 11) is 0. The van der Waals surface area contributed by atoms with Crippen LogP contribution in [-0.2, 0) is 0 Å². The van der Waals surface area contributed by atoms with Crippen molar-refractivity contribution < 1.29 is 0 Å². The van der Waals surface area contributed by atoms with Crippen molar-refractivity contribution in [3.63, 3.8) is 0 Å². The van der Waals surface area contributed by atoms with E-state index in [2.05, 4.69) is 279 Å². The van der Waals surface area contributed by atoms with Crippen molar-refractivity contribution in [1.29, 1.82) is 0 Å². The number of nitrogens with zero attached hydrogens (tertiary/aromatic N) is 7. The second kappa shape index (κ2) is 18.2. The van der Waals surface area contributed by atoms with Gasteiger partial charge in [0.25, 0.3) is 0 Å². The molecule has 17 aromatic rings. The van der Waals surface area contributed by atoms with E-state index >= 15 is 0 Å². The van der Waals surface area contributed by atoms with Crippen LogP contribution in [0, 0.1) is 0 Å². The minimum Gasteiger partial charge on any atom is -0.309 e. The van der Waals surface area contributed by atoms with E-state index in [4.69, 9.17) is 15.0 Å². The maximum absolute atomic E-state index is 5.32. The molecule has 0 aliphatic carbocycles. The summed E-state index contributed by atoms with van der Waals surface area (Å²) in [6, 6.07) is 102. The smallest absolute Gasteiger partial charge is 0.0894 e. The van der Waals surface area contributed by atoms with Gasteiger partial charge in [-0.05, 0) is 121 Å². The second-order valence-corrected chi connectivity index (χ2v) is 21.1. The van der Waals surface area contributed by atoms with Gasteiger partial charge in [-0.15, -0.1) is 0 Å². The standard InChI is InChI=1S/C75H47N7/c1-3-22-50(23-4-1)79-68-40-13-9-30-58(68)72-70(79)44-42-56-54-28-7-11-38-66(54)81(74(56)72)52-26-15-20-48(46-52)60-32-17-34-62(76-60)64-36-19-37-65(78-64)63-35-18-33-61(77-63)49-21-16-27-53(47-49)82-67-39-12-8-29-55(67)57-43-45-71-73(75(57)82)59-31-10-14-41-69(59)80(71)51-24-5-2-6-25-51/h1-47H. The second-order valence-electron chi connectivity index (χ2n) is 21.1. The van der Waals surface area contributed by atoms with Crippen LogP contribution in [0.5, 0.6) is 0 Å². The van der Waals surface area contributed by atoms with Gasteiger partial charge in [-0.3, -0.25) is 0 Å². The predicted molar refractivity (Wildman–Crippen MR) is 339 cm³/mol. The topological polar surface area (TPSA) is 58.4 Å². The lowest BCUT2D eigenvalue weighted by atomic mass is 10.1. The largest absolute Gasteiger partial charge is 0.309 e. The molecule has 0 amide bonds. The lowest BCUT2D eigenvalue weighted by Gasteiger charge is -2.12. The van der Waals surface area contributed by atoms with E-state index in [9.17, 15) is 0 Å². The van der Waals surface area contributed by atoms with Crippen LogP contribution in [0.4, 0.5) is 0 Å². The van der Waals surface area contributed by atoms with Crippen LogP contribution in [0.15, 0.2) is 285 Å². The summed E-state index contributed by atoms with van der Waals surface area (Å²) in [5.41, 5.74) is 20.6. The Balaban J connectivity index is 0.738. The first-order valence-electron chi connectivity index (χ1n) is 27.9. The molecule has 0 unspecified atom stereocenters. The highest BCUT2D eigenvalue weighted by Crippen LogP contribution is 2.45. The normalized spacial score (nSPS) is 11.9. The first-order chi connectivity index (χ1) is 40.7. The summed E-state index contributed by atoms with van der Waals surface area (Å²) < 4.78 is 9.67. The molecular weight excluding hydrogens is 999 g/mol. The molecule has 382 valence electrons. The molecule has 0 radical (unpaired) electrons. The van der Waals surface area contributed by atoms with Crippen molar-refractivity contribution in [3.05, 3.63) is 285 Å². The van der Waals surface area contributed by atoms with E-state index < -0.39 is 0 Å². The SMILES string of the molecule is c1ccc(-n2c3ccccc3c3c2ccc2c4ccccc4n(-c4cccc(-c5cccc(-c6cccc(-c7cccc(-c8cccc(-n9c%10ccccc%10c%10ccc%11c(c%12ccccc%12n%11-c%11ccccc%11)c%109)c8)n7)n6)n5)c4)c23)cc1. The number of aromatic nitrogens is 7. The number of para-hydroxylation sites is 6. The van der Waals surface area contributed by atoms with Crippen LogP contribution in [0.3, 0.4) is 0 Å². The third-order valence-corrected chi connectivity index (χ3v) is 16.5. The van der Waals surface area contributed by atoms with Crippen LogP contribution < -0.4 is 0 Å². The molecule has 7 heterocycles. The number of hydrogen-bond acceptors (Lipinski definition) is 3. The zero-order chi connectivity index (χ0) is 53.8. The Labute approximate surface area is 471 Å². The third kappa shape index (κ3) is 7.00. The molecular formula is C75H47N7. The fraction of sp³-hybridized carbons (Fsp3) is 0. The molecule has 0 spiro atoms. The average molecular weight is 1050 g/mol. The molecule has 0 aliphatic rings. The van der Waals surface area contributed by atoms with E-state index in [0.29, 0.717) is 0 Å². The molecule has 17 rings (SSSR count). The molecule has 0 bridgehead atoms. The van der Waals surface area contributed by atoms with Gasteiger partial charge in [-0.1, -0.05) is 164 Å². The lowest BCUT2D eigenvalue weighted by Crippen LogP contribution is -1.97. The molecule has 0 saturated carbocycles. The van der Waals surface area contributed by atoms with Crippen LogP contribution in [0.2, 0.25) is 0 Å². The zero-order valence-corrected chi connectivity index (χ0v) is 44.3. The van der Waals surface area contributed by atoms with Crippen molar-refractivity contribution >= 4 is 87.2 Å². The molecule has 0 fully saturated rings. The Morgan fingerprint density at radius 3 is 0.927 bits per heavy atom. The highest BCUT2D eigenvalue weighted by atomic mass is 15.0. The molecule has 0 N–H and O–H groups in total. The van der Waals surface area contributed by atoms with Crippen molar-refractivity contribution in [2.75, 3.05) is 0 Å². The molecule has 0 atom stereocenters. The fourth-order valence-corrected chi connectivity index (χ4v) is 13.1. The molecule has 7 nitrogen and oxygen atoms in total. The maximum Gasteiger partial charge on any atom is 0.0894 e. The van der Waals surface area contributed by atoms with Gasteiger partial charge in [-0.2, -0.15) is 0 Å². The van der Waals surface area contributed by atoms with Crippen molar-refractivity contribution in [2.45, 2.75) is 0 Å². The Bertz CT molecular complexity index is 5080. The van der Waals surface area contributed by atoms with E-state index in [-0.39, 0.29) is 0 Å². The van der Waals surface area contributed by atoms with Gasteiger partial charge in [0, 0.05) is 77.0 Å². The highest BCUT2D eigenvalue weighted by molar-refractivity contribution is 6.27. The number of fused-ring (bicyclic) bond motifs is 14. The lowest BCUT2D eigenvalue weighted by molar-refractivity contribution is 1.17. The Morgan fingerprint density at radius 1 is 0.195 bits per heavy atom. The number of hydrogen-bond donors (Lipinski definition) is 0. The van der Waals surface area contributed by atoms with Gasteiger partial charge in [0.15, 0.2) is 0 Å². The monoisotopic (exact) mass is 1050 g/mol. The fourth-order valence-electron chi connectivity index (χ4n) is 13.1. The summed E-state index contributed by atoms with van der Waals surface area (Å²) >= 11 is 0. The Kier molecular flexibility index (Phi) is 10.2. The van der Waals surface area contributed by atoms with Gasteiger partial charge in [0.1, 0.15) is 0 Å². The average Bonchev–Trinajstić information content (AvgIpc) is 2.94. The van der Waals surface area contributed by atoms with Gasteiger partial charge in [-0.25, -0.2) is 15.0 Å². The summed E-state index contributed by atoms with van der Waals surface area (Å²) in [5.74, 6) is 0. The molecule has 0 aliphatic heterocycles. The summed E-state index contributed by atoms with van der Waals surface area (Å²) in [6.07, 6.45) is 0. The molecule has 10 aromatic carbocycles. The van der Waals surface area contributed by atoms with Gasteiger partial charge in [0.2, 0.25) is 0 Å². The molecule has 82 heavy (non-hydrogen) atoms.